The van der Waals surface area contributed by atoms with Crippen LogP contribution in [-0.2, 0) is 18.3 Å². The van der Waals surface area contributed by atoms with Gasteiger partial charge in [-0.2, -0.15) is 26.3 Å². The third kappa shape index (κ3) is 4.24. The number of nitrogens with zero attached hydrogens (tertiary/aromatic N) is 2. The Hall–Kier alpha value is -3.56. The molecule has 2 aromatic rings. The van der Waals surface area contributed by atoms with Crippen molar-refractivity contribution in [3.05, 3.63) is 57.5 Å². The van der Waals surface area contributed by atoms with Crippen LogP contribution in [0.5, 0.6) is 0 Å². The van der Waals surface area contributed by atoms with E-state index >= 15 is 0 Å². The maximum absolute atomic E-state index is 14.8. The predicted molar refractivity (Wildman–Crippen MR) is 99.4 cm³/mol. The van der Waals surface area contributed by atoms with Gasteiger partial charge in [-0.15, -0.1) is 0 Å². The highest BCUT2D eigenvalue weighted by molar-refractivity contribution is 5.95. The van der Waals surface area contributed by atoms with Crippen LogP contribution in [-0.4, -0.2) is 21.8 Å². The van der Waals surface area contributed by atoms with Gasteiger partial charge in [-0.05, 0) is 25.0 Å². The number of benzene rings is 1. The van der Waals surface area contributed by atoms with Crippen LogP contribution in [0.1, 0.15) is 29.7 Å². The molecule has 6 nitrogen and oxygen atoms in total. The average molecular weight is 474 g/mol. The molecule has 0 bridgehead atoms. The fourth-order valence-corrected chi connectivity index (χ4v) is 3.26. The van der Waals surface area contributed by atoms with E-state index in [2.05, 4.69) is 22.1 Å². The minimum Gasteiger partial charge on any atom is -0.310 e. The van der Waals surface area contributed by atoms with Crippen LogP contribution in [0.4, 0.5) is 41.2 Å². The summed E-state index contributed by atoms with van der Waals surface area (Å²) in [4.78, 5) is 27.1. The second kappa shape index (κ2) is 7.50. The molecule has 2 heterocycles. The van der Waals surface area contributed by atoms with Gasteiger partial charge in [0.25, 0.3) is 5.56 Å². The summed E-state index contributed by atoms with van der Waals surface area (Å²) in [5.41, 5.74) is -7.19. The van der Waals surface area contributed by atoms with E-state index in [1.165, 1.54) is 0 Å². The molecule has 0 saturated heterocycles. The monoisotopic (exact) mass is 474 g/mol. The molecule has 2 aliphatic rings. The molecule has 1 aromatic carbocycles. The van der Waals surface area contributed by atoms with Gasteiger partial charge < -0.3 is 10.6 Å². The lowest BCUT2D eigenvalue weighted by molar-refractivity contribution is -0.178. The Morgan fingerprint density at radius 1 is 1.12 bits per heavy atom. The molecule has 1 aromatic heterocycles. The summed E-state index contributed by atoms with van der Waals surface area (Å²) in [5, 5.41) is 3.90. The number of carbonyl (C=O) groups is 1. The molecule has 2 N–H and O–H groups in total. The van der Waals surface area contributed by atoms with Crippen molar-refractivity contribution in [1.29, 1.82) is 0 Å². The Kier molecular flexibility index (Phi) is 5.14. The molecule has 2 amide bonds. The van der Waals surface area contributed by atoms with E-state index in [0.29, 0.717) is 29.8 Å². The second-order valence-electron chi connectivity index (χ2n) is 7.60. The van der Waals surface area contributed by atoms with Crippen molar-refractivity contribution in [2.45, 2.75) is 37.3 Å². The normalized spacial score (nSPS) is 20.3. The topological polar surface area (TPSA) is 76.0 Å². The van der Waals surface area contributed by atoms with Crippen molar-refractivity contribution in [3.63, 3.8) is 0 Å². The van der Waals surface area contributed by atoms with Gasteiger partial charge in [-0.3, -0.25) is 9.36 Å². The lowest BCUT2D eigenvalue weighted by Gasteiger charge is -2.37. The van der Waals surface area contributed by atoms with Crippen molar-refractivity contribution in [2.24, 2.45) is 5.92 Å². The molecule has 0 radical (unpaired) electrons. The molecule has 0 spiro atoms. The molecule has 1 unspecified atom stereocenters. The van der Waals surface area contributed by atoms with Gasteiger partial charge in [0.2, 0.25) is 5.54 Å². The molecule has 1 saturated carbocycles. The number of hydrogen-bond acceptors (Lipinski definition) is 3. The highest BCUT2D eigenvalue weighted by Crippen LogP contribution is 2.45. The number of anilines is 1. The van der Waals surface area contributed by atoms with Gasteiger partial charge in [0.15, 0.2) is 5.69 Å². The van der Waals surface area contributed by atoms with Crippen LogP contribution >= 0.6 is 0 Å². The van der Waals surface area contributed by atoms with Gasteiger partial charge in [-0.1, -0.05) is 11.8 Å². The first kappa shape index (κ1) is 22.6. The standard InChI is InChI=1S/C20H13F7N4O2/c21-13-6-12-14(5-11(13)8-31-9-28-15(7-16(31)32)19(22,23)24)29-17(33)30-18(12,20(25,26)27)4-3-10-1-2-10/h5-7,9-10H,1-2,8H2,(H2,29,30,33). The second-order valence-corrected chi connectivity index (χ2v) is 7.60. The first-order chi connectivity index (χ1) is 15.3. The van der Waals surface area contributed by atoms with Crippen molar-refractivity contribution in [1.82, 2.24) is 14.9 Å². The number of carbonyl (C=O) groups excluding carboxylic acids is 1. The van der Waals surface area contributed by atoms with Crippen molar-refractivity contribution in [2.75, 3.05) is 5.32 Å². The number of amides is 2. The lowest BCUT2D eigenvalue weighted by Crippen LogP contribution is -2.59. The zero-order valence-electron chi connectivity index (χ0n) is 16.4. The summed E-state index contributed by atoms with van der Waals surface area (Å²) in [6, 6.07) is 0.405. The van der Waals surface area contributed by atoms with E-state index in [1.807, 2.05) is 0 Å². The molecule has 33 heavy (non-hydrogen) atoms. The van der Waals surface area contributed by atoms with E-state index in [4.69, 9.17) is 0 Å². The number of urea groups is 1. The summed E-state index contributed by atoms with van der Waals surface area (Å²) in [5.74, 6) is 3.09. The van der Waals surface area contributed by atoms with Gasteiger partial charge in [-0.25, -0.2) is 14.2 Å². The number of nitrogens with one attached hydrogen (secondary N) is 2. The number of alkyl halides is 6. The highest BCUT2D eigenvalue weighted by atomic mass is 19.4. The van der Waals surface area contributed by atoms with Crippen LogP contribution in [0.15, 0.2) is 29.3 Å². The predicted octanol–water partition coefficient (Wildman–Crippen LogP) is 3.76. The fourth-order valence-electron chi connectivity index (χ4n) is 3.26. The summed E-state index contributed by atoms with van der Waals surface area (Å²) < 4.78 is 95.7. The minimum absolute atomic E-state index is 0.212. The van der Waals surface area contributed by atoms with Gasteiger partial charge in [0.05, 0.1) is 12.9 Å². The Labute approximate surface area is 180 Å². The van der Waals surface area contributed by atoms with E-state index in [0.717, 1.165) is 6.07 Å². The molecule has 4 rings (SSSR count). The highest BCUT2D eigenvalue weighted by Gasteiger charge is 2.59. The SMILES string of the molecule is O=C1Nc2cc(Cn3cnc(C(F)(F)F)cc3=O)c(F)cc2C(C#CC2CC2)(C(F)(F)F)N1. The largest absolute Gasteiger partial charge is 0.433 e. The van der Waals surface area contributed by atoms with Crippen LogP contribution < -0.4 is 16.2 Å². The van der Waals surface area contributed by atoms with E-state index in [1.54, 1.807) is 5.32 Å². The summed E-state index contributed by atoms with van der Waals surface area (Å²) in [6.07, 6.45) is -8.18. The summed E-state index contributed by atoms with van der Waals surface area (Å²) >= 11 is 0. The number of rotatable bonds is 2. The molecule has 1 atom stereocenters. The zero-order valence-corrected chi connectivity index (χ0v) is 16.4. The van der Waals surface area contributed by atoms with Crippen molar-refractivity contribution in [3.8, 4) is 11.8 Å². The molecule has 1 fully saturated rings. The number of hydrogen-bond donors (Lipinski definition) is 2. The van der Waals surface area contributed by atoms with Crippen molar-refractivity contribution < 1.29 is 35.5 Å². The quantitative estimate of drug-likeness (QED) is 0.514. The Bertz CT molecular complexity index is 1250. The minimum atomic E-state index is -5.09. The molecular weight excluding hydrogens is 461 g/mol. The number of fused-ring (bicyclic) bond motifs is 1. The van der Waals surface area contributed by atoms with Crippen LogP contribution in [0.3, 0.4) is 0 Å². The number of halogens is 7. The van der Waals surface area contributed by atoms with Crippen molar-refractivity contribution >= 4 is 11.7 Å². The molecule has 174 valence electrons. The van der Waals surface area contributed by atoms with Gasteiger partial charge >= 0.3 is 18.4 Å². The summed E-state index contributed by atoms with van der Waals surface area (Å²) in [7, 11) is 0. The smallest absolute Gasteiger partial charge is 0.310 e. The van der Waals surface area contributed by atoms with Crippen LogP contribution in [0.2, 0.25) is 0 Å². The van der Waals surface area contributed by atoms with Crippen LogP contribution in [0, 0.1) is 23.6 Å². The Morgan fingerprint density at radius 3 is 2.39 bits per heavy atom. The summed E-state index contributed by atoms with van der Waals surface area (Å²) in [6.45, 7) is -0.640. The maximum atomic E-state index is 14.8. The van der Waals surface area contributed by atoms with Crippen LogP contribution in [0.25, 0.3) is 0 Å². The molecule has 1 aliphatic carbocycles. The Balaban J connectivity index is 1.77. The first-order valence-corrected chi connectivity index (χ1v) is 9.45. The molecular formula is C20H13F7N4O2. The maximum Gasteiger partial charge on any atom is 0.433 e. The third-order valence-electron chi connectivity index (χ3n) is 5.12. The van der Waals surface area contributed by atoms with Gasteiger partial charge in [0.1, 0.15) is 5.82 Å². The average Bonchev–Trinajstić information content (AvgIpc) is 3.51. The van der Waals surface area contributed by atoms with E-state index in [9.17, 15) is 40.3 Å². The zero-order chi connectivity index (χ0) is 24.2. The lowest BCUT2D eigenvalue weighted by atomic mass is 9.85. The number of aromatic nitrogens is 2. The van der Waals surface area contributed by atoms with E-state index < -0.39 is 58.8 Å². The van der Waals surface area contributed by atoms with E-state index in [-0.39, 0.29) is 17.5 Å². The molecule has 1 aliphatic heterocycles. The molecule has 13 heteroatoms. The van der Waals surface area contributed by atoms with Gasteiger partial charge in [0, 0.05) is 28.8 Å². The first-order valence-electron chi connectivity index (χ1n) is 9.45. The fraction of sp³-hybridized carbons (Fsp3) is 0.350. The third-order valence-corrected chi connectivity index (χ3v) is 5.12. The Morgan fingerprint density at radius 2 is 1.82 bits per heavy atom.